The normalized spacial score (nSPS) is 13.0. The third kappa shape index (κ3) is 5.99. The van der Waals surface area contributed by atoms with Crippen LogP contribution < -0.4 is 16.0 Å². The quantitative estimate of drug-likeness (QED) is 0.454. The molecule has 0 radical (unpaired) electrons. The molecule has 0 bridgehead atoms. The van der Waals surface area contributed by atoms with Crippen molar-refractivity contribution >= 4 is 35.5 Å². The average Bonchev–Trinajstić information content (AvgIpc) is 3.46. The zero-order valence-electron chi connectivity index (χ0n) is 16.4. The van der Waals surface area contributed by atoms with Gasteiger partial charge in [-0.05, 0) is 54.5 Å². The monoisotopic (exact) mass is 400 g/mol. The van der Waals surface area contributed by atoms with Gasteiger partial charge in [0.25, 0.3) is 0 Å². The van der Waals surface area contributed by atoms with Crippen LogP contribution in [0.1, 0.15) is 43.7 Å². The lowest BCUT2D eigenvalue weighted by Crippen LogP contribution is -2.35. The first-order chi connectivity index (χ1) is 12.9. The highest BCUT2D eigenvalue weighted by atomic mass is 35.5. The van der Waals surface area contributed by atoms with Gasteiger partial charge in [0.15, 0.2) is 0 Å². The fraction of sp³-hybridized carbons (Fsp3) is 0.364. The highest BCUT2D eigenvalue weighted by Crippen LogP contribution is 2.31. The molecule has 0 atom stereocenters. The van der Waals surface area contributed by atoms with Gasteiger partial charge in [-0.1, -0.05) is 38.1 Å². The number of halogens is 1. The zero-order valence-corrected chi connectivity index (χ0v) is 17.3. The number of rotatable bonds is 8. The van der Waals surface area contributed by atoms with Crippen molar-refractivity contribution < 1.29 is 4.79 Å². The molecule has 0 saturated heterocycles. The lowest BCUT2D eigenvalue weighted by atomic mass is 10.0. The maximum Gasteiger partial charge on any atom is 0.243 e. The van der Waals surface area contributed by atoms with E-state index in [9.17, 15) is 4.79 Å². The summed E-state index contributed by atoms with van der Waals surface area (Å²) in [5.41, 5.74) is 9.30. The number of nitrogens with zero attached hydrogens (tertiary/aromatic N) is 1. The Hall–Kier alpha value is -2.53. The van der Waals surface area contributed by atoms with Crippen molar-refractivity contribution in [2.24, 2.45) is 11.7 Å². The van der Waals surface area contributed by atoms with Gasteiger partial charge in [-0.3, -0.25) is 10.2 Å². The van der Waals surface area contributed by atoms with Gasteiger partial charge in [-0.15, -0.1) is 12.4 Å². The highest BCUT2D eigenvalue weighted by Gasteiger charge is 2.25. The van der Waals surface area contributed by atoms with Crippen molar-refractivity contribution in [2.75, 3.05) is 23.3 Å². The minimum atomic E-state index is -0.0406. The predicted octanol–water partition coefficient (Wildman–Crippen LogP) is 4.37. The van der Waals surface area contributed by atoms with Gasteiger partial charge in [0.1, 0.15) is 5.84 Å². The molecule has 1 amide bonds. The largest absolute Gasteiger partial charge is 0.384 e. The van der Waals surface area contributed by atoms with E-state index in [0.717, 1.165) is 17.9 Å². The fourth-order valence-corrected chi connectivity index (χ4v) is 3.07. The highest BCUT2D eigenvalue weighted by molar-refractivity contribution is 5.97. The summed E-state index contributed by atoms with van der Waals surface area (Å²) < 4.78 is 0. The first kappa shape index (κ1) is 21.8. The summed E-state index contributed by atoms with van der Waals surface area (Å²) >= 11 is 0. The molecule has 1 saturated carbocycles. The summed E-state index contributed by atoms with van der Waals surface area (Å²) in [5, 5.41) is 10.6. The first-order valence-corrected chi connectivity index (χ1v) is 9.51. The summed E-state index contributed by atoms with van der Waals surface area (Å²) in [4.78, 5) is 14.7. The van der Waals surface area contributed by atoms with Gasteiger partial charge in [-0.25, -0.2) is 0 Å². The van der Waals surface area contributed by atoms with Crippen molar-refractivity contribution in [3.05, 3.63) is 59.7 Å². The molecular weight excluding hydrogens is 372 g/mol. The Kier molecular flexibility index (Phi) is 7.46. The van der Waals surface area contributed by atoms with Crippen molar-refractivity contribution in [1.29, 1.82) is 5.41 Å². The van der Waals surface area contributed by atoms with Crippen LogP contribution in [-0.4, -0.2) is 24.8 Å². The van der Waals surface area contributed by atoms with Gasteiger partial charge in [-0.2, -0.15) is 0 Å². The van der Waals surface area contributed by atoms with Crippen LogP contribution in [0.15, 0.2) is 48.5 Å². The lowest BCUT2D eigenvalue weighted by Gasteiger charge is -2.25. The smallest absolute Gasteiger partial charge is 0.243 e. The number of amidine groups is 1. The molecule has 1 aliphatic rings. The molecule has 150 valence electrons. The summed E-state index contributed by atoms with van der Waals surface area (Å²) in [7, 11) is 0. The molecule has 0 spiro atoms. The SMILES string of the molecule is CC(C)c1ccc(NC(=O)CN(CC2CC2)c2cccc(C(=N)N)c2)cc1.Cl. The Balaban J connectivity index is 0.00000280. The van der Waals surface area contributed by atoms with Crippen molar-refractivity contribution in [3.63, 3.8) is 0 Å². The van der Waals surface area contributed by atoms with Crippen molar-refractivity contribution in [2.45, 2.75) is 32.6 Å². The summed E-state index contributed by atoms with van der Waals surface area (Å²) in [6, 6.07) is 15.6. The molecule has 0 aromatic heterocycles. The van der Waals surface area contributed by atoms with E-state index >= 15 is 0 Å². The second-order valence-electron chi connectivity index (χ2n) is 7.61. The molecule has 5 nitrogen and oxygen atoms in total. The molecule has 1 fully saturated rings. The number of nitrogens with one attached hydrogen (secondary N) is 2. The van der Waals surface area contributed by atoms with E-state index < -0.39 is 0 Å². The molecule has 1 aliphatic carbocycles. The molecule has 0 unspecified atom stereocenters. The van der Waals surface area contributed by atoms with Crippen LogP contribution in [0, 0.1) is 11.3 Å². The van der Waals surface area contributed by atoms with Crippen LogP contribution in [0.3, 0.4) is 0 Å². The van der Waals surface area contributed by atoms with E-state index in [2.05, 4.69) is 36.2 Å². The second-order valence-corrected chi connectivity index (χ2v) is 7.61. The number of anilines is 2. The van der Waals surface area contributed by atoms with Gasteiger partial charge in [0.2, 0.25) is 5.91 Å². The minimum absolute atomic E-state index is 0. The lowest BCUT2D eigenvalue weighted by molar-refractivity contribution is -0.115. The molecule has 3 rings (SSSR count). The van der Waals surface area contributed by atoms with Crippen molar-refractivity contribution in [3.8, 4) is 0 Å². The summed E-state index contributed by atoms with van der Waals surface area (Å²) in [6.45, 7) is 5.43. The van der Waals surface area contributed by atoms with Gasteiger partial charge >= 0.3 is 0 Å². The molecular formula is C22H29ClN4O. The molecule has 28 heavy (non-hydrogen) atoms. The molecule has 2 aromatic rings. The zero-order chi connectivity index (χ0) is 19.4. The van der Waals surface area contributed by atoms with E-state index in [1.54, 1.807) is 0 Å². The van der Waals surface area contributed by atoms with Crippen LogP contribution >= 0.6 is 12.4 Å². The number of nitrogens with two attached hydrogens (primary N) is 1. The number of carbonyl (C=O) groups excluding carboxylic acids is 1. The predicted molar refractivity (Wildman–Crippen MR) is 119 cm³/mol. The Morgan fingerprint density at radius 3 is 2.46 bits per heavy atom. The topological polar surface area (TPSA) is 82.2 Å². The number of hydrogen-bond donors (Lipinski definition) is 3. The van der Waals surface area contributed by atoms with E-state index in [1.807, 2.05) is 36.4 Å². The van der Waals surface area contributed by atoms with Crippen LogP contribution in [0.4, 0.5) is 11.4 Å². The fourth-order valence-electron chi connectivity index (χ4n) is 3.07. The third-order valence-electron chi connectivity index (χ3n) is 4.89. The second kappa shape index (κ2) is 9.60. The Morgan fingerprint density at radius 2 is 1.89 bits per heavy atom. The van der Waals surface area contributed by atoms with E-state index in [-0.39, 0.29) is 30.7 Å². The number of hydrogen-bond acceptors (Lipinski definition) is 3. The van der Waals surface area contributed by atoms with Gasteiger partial charge in [0.05, 0.1) is 6.54 Å². The maximum atomic E-state index is 12.6. The molecule has 0 heterocycles. The summed E-state index contributed by atoms with van der Waals surface area (Å²) in [5.74, 6) is 1.11. The molecule has 6 heteroatoms. The number of nitrogen functional groups attached to an aromatic ring is 1. The summed E-state index contributed by atoms with van der Waals surface area (Å²) in [6.07, 6.45) is 2.42. The molecule has 4 N–H and O–H groups in total. The number of benzene rings is 2. The average molecular weight is 401 g/mol. The van der Waals surface area contributed by atoms with Gasteiger partial charge in [0, 0.05) is 23.5 Å². The molecule has 2 aromatic carbocycles. The minimum Gasteiger partial charge on any atom is -0.384 e. The van der Waals surface area contributed by atoms with Crippen LogP contribution in [0.25, 0.3) is 0 Å². The first-order valence-electron chi connectivity index (χ1n) is 9.51. The van der Waals surface area contributed by atoms with E-state index in [1.165, 1.54) is 18.4 Å². The Labute approximate surface area is 173 Å². The Morgan fingerprint density at radius 1 is 1.21 bits per heavy atom. The van der Waals surface area contributed by atoms with E-state index in [0.29, 0.717) is 17.4 Å². The molecule has 0 aliphatic heterocycles. The number of carbonyl (C=O) groups is 1. The third-order valence-corrected chi connectivity index (χ3v) is 4.89. The van der Waals surface area contributed by atoms with Crippen LogP contribution in [-0.2, 0) is 4.79 Å². The van der Waals surface area contributed by atoms with E-state index in [4.69, 9.17) is 11.1 Å². The van der Waals surface area contributed by atoms with Crippen molar-refractivity contribution in [1.82, 2.24) is 0 Å². The Bertz CT molecular complexity index is 816. The maximum absolute atomic E-state index is 12.6. The number of amides is 1. The standard InChI is InChI=1S/C22H28N4O.ClH/c1-15(2)17-8-10-19(11-9-17)25-21(27)14-26(13-16-6-7-16)20-5-3-4-18(12-20)22(23)24;/h3-5,8-12,15-16H,6-7,13-14H2,1-2H3,(H3,23,24)(H,25,27);1H. The van der Waals surface area contributed by atoms with Gasteiger partial charge < -0.3 is 16.0 Å². The van der Waals surface area contributed by atoms with Crippen LogP contribution in [0.2, 0.25) is 0 Å². The van der Waals surface area contributed by atoms with Crippen LogP contribution in [0.5, 0.6) is 0 Å².